The van der Waals surface area contributed by atoms with E-state index in [1.807, 2.05) is 0 Å². The maximum absolute atomic E-state index is 7.51. The molecule has 6 aliphatic heterocycles. The molecule has 6 nitrogen and oxygen atoms in total. The molecule has 0 bridgehead atoms. The van der Waals surface area contributed by atoms with Crippen molar-refractivity contribution in [2.75, 3.05) is 19.6 Å². The molecule has 6 heterocycles. The highest BCUT2D eigenvalue weighted by molar-refractivity contribution is 7.03. The van der Waals surface area contributed by atoms with Gasteiger partial charge in [0.05, 0.1) is 11.4 Å². The van der Waals surface area contributed by atoms with Crippen LogP contribution in [0.2, 0.25) is 0 Å². The van der Waals surface area contributed by atoms with Gasteiger partial charge in [-0.25, -0.2) is 0 Å². The van der Waals surface area contributed by atoms with Crippen molar-refractivity contribution in [3.8, 4) is 23.0 Å². The zero-order valence-corrected chi connectivity index (χ0v) is 43.2. The summed E-state index contributed by atoms with van der Waals surface area (Å²) in [6.07, 6.45) is 0. The Balaban J connectivity index is 1.05. The van der Waals surface area contributed by atoms with Gasteiger partial charge >= 0.3 is 0 Å². The van der Waals surface area contributed by atoms with E-state index in [1.54, 1.807) is 0 Å². The lowest BCUT2D eigenvalue weighted by Crippen LogP contribution is -2.64. The fourth-order valence-corrected chi connectivity index (χ4v) is 20.9. The van der Waals surface area contributed by atoms with Gasteiger partial charge in [-0.1, -0.05) is 82.9 Å². The first kappa shape index (κ1) is 40.4. The minimum atomic E-state index is -2.24. The largest absolute Gasteiger partial charge is 0.457 e. The minimum Gasteiger partial charge on any atom is -0.457 e. The van der Waals surface area contributed by atoms with Crippen LogP contribution in [0, 0.1) is 41.5 Å². The van der Waals surface area contributed by atoms with Crippen molar-refractivity contribution in [3.05, 3.63) is 203 Å². The highest BCUT2D eigenvalue weighted by Crippen LogP contribution is 2.55. The van der Waals surface area contributed by atoms with E-state index in [1.165, 1.54) is 121 Å². The molecular weight excluding hydrogens is 913 g/mol. The van der Waals surface area contributed by atoms with Crippen LogP contribution in [0.5, 0.6) is 23.0 Å². The van der Waals surface area contributed by atoms with E-state index in [0.717, 1.165) is 45.7 Å². The monoisotopic (exact) mass is 960 g/mol. The van der Waals surface area contributed by atoms with Gasteiger partial charge in [-0.15, -0.1) is 0 Å². The Kier molecular flexibility index (Phi) is 7.97. The highest BCUT2D eigenvalue weighted by atomic mass is 28.3. The van der Waals surface area contributed by atoms with Gasteiger partial charge in [-0.3, -0.25) is 0 Å². The minimum absolute atomic E-state index is 0.960. The SMILES string of the molecule is Cc1ccc(N2c3cccc4c3[SiH]3c5c2cc(C)cc5N(c2ccc(C)cc2)c2c3c(cc3c5c6c(cc23)Oc2cccc3c2[SiH]6c2c(cc(C)cc2N5c2ccc(C)cc2)N3c2ccc(C)cc2)O4)cc1. The Morgan fingerprint density at radius 1 is 0.278 bits per heavy atom. The van der Waals surface area contributed by atoms with Gasteiger partial charge in [-0.05, 0) is 172 Å². The average molecular weight is 961 g/mol. The van der Waals surface area contributed by atoms with Gasteiger partial charge in [-0.2, -0.15) is 0 Å². The molecular formula is C64H48N4O2Si2. The Bertz CT molecular complexity index is 3810. The summed E-state index contributed by atoms with van der Waals surface area (Å²) in [5.74, 6) is 3.85. The number of fused-ring (bicyclic) bond motifs is 3. The molecule has 2 atom stereocenters. The number of anilines is 12. The van der Waals surface area contributed by atoms with E-state index in [-0.39, 0.29) is 0 Å². The van der Waals surface area contributed by atoms with Crippen molar-refractivity contribution >= 4 is 128 Å². The summed E-state index contributed by atoms with van der Waals surface area (Å²) >= 11 is 0. The van der Waals surface area contributed by atoms with Crippen molar-refractivity contribution in [2.45, 2.75) is 41.5 Å². The molecule has 0 aliphatic carbocycles. The van der Waals surface area contributed by atoms with Gasteiger partial charge in [0.2, 0.25) is 0 Å². The first-order valence-corrected chi connectivity index (χ1v) is 28.7. The number of aryl methyl sites for hydroxylation is 6. The molecule has 0 fully saturated rings. The Morgan fingerprint density at radius 3 is 0.944 bits per heavy atom. The molecule has 10 aromatic carbocycles. The van der Waals surface area contributed by atoms with E-state index in [0.29, 0.717) is 0 Å². The third kappa shape index (κ3) is 5.27. The lowest BCUT2D eigenvalue weighted by Gasteiger charge is -2.49. The number of ether oxygens (including phenoxy) is 2. The molecule has 0 saturated carbocycles. The lowest BCUT2D eigenvalue weighted by molar-refractivity contribution is 0.486. The highest BCUT2D eigenvalue weighted by Gasteiger charge is 2.51. The molecule has 0 saturated heterocycles. The van der Waals surface area contributed by atoms with Crippen LogP contribution >= 0.6 is 0 Å². The number of nitrogens with zero attached hydrogens (tertiary/aromatic N) is 4. The second-order valence-electron chi connectivity index (χ2n) is 20.9. The smallest absolute Gasteiger partial charge is 0.153 e. The molecule has 10 aromatic rings. The molecule has 16 rings (SSSR count). The molecule has 344 valence electrons. The predicted molar refractivity (Wildman–Crippen MR) is 303 cm³/mol. The Labute approximate surface area is 422 Å². The van der Waals surface area contributed by atoms with Crippen LogP contribution in [0.25, 0.3) is 10.8 Å². The van der Waals surface area contributed by atoms with Crippen molar-refractivity contribution < 1.29 is 9.47 Å². The van der Waals surface area contributed by atoms with E-state index in [4.69, 9.17) is 9.47 Å². The number of hydrogen-bond donors (Lipinski definition) is 0. The quantitative estimate of drug-likeness (QED) is 0.163. The fourth-order valence-electron chi connectivity index (χ4n) is 13.2. The topological polar surface area (TPSA) is 31.4 Å². The molecule has 0 amide bonds. The van der Waals surface area contributed by atoms with E-state index in [2.05, 4.69) is 231 Å². The second kappa shape index (κ2) is 14.2. The van der Waals surface area contributed by atoms with Crippen LogP contribution in [0.15, 0.2) is 170 Å². The van der Waals surface area contributed by atoms with Crippen molar-refractivity contribution in [3.63, 3.8) is 0 Å². The Morgan fingerprint density at radius 2 is 0.597 bits per heavy atom. The molecule has 72 heavy (non-hydrogen) atoms. The summed E-state index contributed by atoms with van der Waals surface area (Å²) in [5.41, 5.74) is 21.8. The molecule has 6 aliphatic rings. The van der Waals surface area contributed by atoms with Crippen LogP contribution in [-0.2, 0) is 0 Å². The number of hydrogen-bond acceptors (Lipinski definition) is 6. The fraction of sp³-hybridized carbons (Fsp3) is 0.0938. The van der Waals surface area contributed by atoms with Crippen molar-refractivity contribution in [1.29, 1.82) is 0 Å². The molecule has 0 N–H and O–H groups in total. The van der Waals surface area contributed by atoms with Crippen molar-refractivity contribution in [1.82, 2.24) is 0 Å². The summed E-state index contributed by atoms with van der Waals surface area (Å²) in [6.45, 7) is 13.2. The van der Waals surface area contributed by atoms with Crippen LogP contribution in [0.1, 0.15) is 33.4 Å². The second-order valence-corrected chi connectivity index (χ2v) is 26.1. The lowest BCUT2D eigenvalue weighted by atomic mass is 9.98. The molecule has 8 heteroatoms. The first-order valence-electron chi connectivity index (χ1n) is 25.2. The van der Waals surface area contributed by atoms with Gasteiger partial charge in [0, 0.05) is 88.4 Å². The third-order valence-electron chi connectivity index (χ3n) is 16.3. The zero-order valence-electron chi connectivity index (χ0n) is 40.9. The molecule has 0 radical (unpaired) electrons. The Hall–Kier alpha value is -8.31. The van der Waals surface area contributed by atoms with E-state index in [9.17, 15) is 0 Å². The van der Waals surface area contributed by atoms with E-state index >= 15 is 0 Å². The summed E-state index contributed by atoms with van der Waals surface area (Å²) in [4.78, 5) is 10.2. The van der Waals surface area contributed by atoms with Gasteiger partial charge in [0.15, 0.2) is 17.6 Å². The molecule has 0 spiro atoms. The summed E-state index contributed by atoms with van der Waals surface area (Å²) < 4.78 is 15.0. The van der Waals surface area contributed by atoms with Crippen LogP contribution in [0.4, 0.5) is 68.2 Å². The van der Waals surface area contributed by atoms with Gasteiger partial charge in [0.1, 0.15) is 23.0 Å². The van der Waals surface area contributed by atoms with Crippen molar-refractivity contribution in [2.24, 2.45) is 0 Å². The standard InChI is InChI=1S/C64H48N4O2Si2/c1-35-13-21-41(22-14-35)65-47-9-7-11-53-61(47)71-59-49(65)29-39(5)31-51(59)67(43-25-17-37(3)18-26-43)57-45-34-56-64-58(46(45)33-55(69-53)63(57)71)68(44-27-19-38(4)20-28-44)52-32-40(6)30-50-60(52)72(64)62-48(10-8-12-54(62)70-56)66(50)42-23-15-36(2)16-24-42/h7-34,71-72H,1-6H3. The summed E-state index contributed by atoms with van der Waals surface area (Å²) in [7, 11) is -4.49. The number of benzene rings is 10. The van der Waals surface area contributed by atoms with Crippen LogP contribution < -0.4 is 60.2 Å². The molecule has 0 aromatic heterocycles. The average Bonchev–Trinajstić information content (AvgIpc) is 3.38. The van der Waals surface area contributed by atoms with Gasteiger partial charge in [0.25, 0.3) is 0 Å². The van der Waals surface area contributed by atoms with Gasteiger partial charge < -0.3 is 29.1 Å². The maximum atomic E-state index is 7.51. The summed E-state index contributed by atoms with van der Waals surface area (Å²) in [6, 6.07) is 64.4. The predicted octanol–water partition coefficient (Wildman–Crippen LogP) is 12.5. The normalized spacial score (nSPS) is 16.3. The third-order valence-corrected chi connectivity index (χ3v) is 23.2. The summed E-state index contributed by atoms with van der Waals surface area (Å²) in [5, 5.41) is 10.6. The first-order chi connectivity index (χ1) is 35.2. The van der Waals surface area contributed by atoms with Crippen LogP contribution in [0.3, 0.4) is 0 Å². The molecule has 2 unspecified atom stereocenters. The van der Waals surface area contributed by atoms with Crippen LogP contribution in [-0.4, -0.2) is 17.6 Å². The number of rotatable bonds is 4. The maximum Gasteiger partial charge on any atom is 0.153 e. The zero-order chi connectivity index (χ0) is 48.0. The van der Waals surface area contributed by atoms with E-state index < -0.39 is 17.6 Å².